The Morgan fingerprint density at radius 1 is 0.852 bits per heavy atom. The summed E-state index contributed by atoms with van der Waals surface area (Å²) in [6, 6.07) is 22.5. The summed E-state index contributed by atoms with van der Waals surface area (Å²) in [6.07, 6.45) is 3.02. The quantitative estimate of drug-likeness (QED) is 0.502. The van der Waals surface area contributed by atoms with Gasteiger partial charge in [0, 0.05) is 29.3 Å². The van der Waals surface area contributed by atoms with Gasteiger partial charge in [-0.3, -0.25) is 9.59 Å². The van der Waals surface area contributed by atoms with Gasteiger partial charge in [0.1, 0.15) is 5.82 Å². The summed E-state index contributed by atoms with van der Waals surface area (Å²) in [5.74, 6) is -0.747. The van der Waals surface area contributed by atoms with E-state index in [0.717, 1.165) is 5.56 Å². The van der Waals surface area contributed by atoms with Crippen molar-refractivity contribution >= 4 is 23.5 Å². The number of hydrogen-bond acceptors (Lipinski definition) is 2. The van der Waals surface area contributed by atoms with Gasteiger partial charge in [0.15, 0.2) is 5.78 Å². The van der Waals surface area contributed by atoms with Crippen LogP contribution in [-0.2, 0) is 11.2 Å². The minimum atomic E-state index is -0.386. The molecular formula is C23H18FNO2. The van der Waals surface area contributed by atoms with Crippen LogP contribution in [0.2, 0.25) is 0 Å². The molecule has 0 bridgehead atoms. The number of halogens is 1. The molecule has 27 heavy (non-hydrogen) atoms. The van der Waals surface area contributed by atoms with E-state index in [2.05, 4.69) is 5.32 Å². The van der Waals surface area contributed by atoms with Gasteiger partial charge in [0.25, 0.3) is 0 Å². The van der Waals surface area contributed by atoms with Gasteiger partial charge in [-0.1, -0.05) is 48.5 Å². The van der Waals surface area contributed by atoms with Crippen LogP contribution in [0.3, 0.4) is 0 Å². The second-order valence-corrected chi connectivity index (χ2v) is 6.01. The van der Waals surface area contributed by atoms with Crippen LogP contribution in [0.5, 0.6) is 0 Å². The van der Waals surface area contributed by atoms with Crippen molar-refractivity contribution in [1.82, 2.24) is 0 Å². The lowest BCUT2D eigenvalue weighted by atomic mass is 10.0. The number of ketones is 1. The van der Waals surface area contributed by atoms with Crippen molar-refractivity contribution in [3.63, 3.8) is 0 Å². The van der Waals surface area contributed by atoms with Crippen LogP contribution in [0, 0.1) is 5.82 Å². The smallest absolute Gasteiger partial charge is 0.248 e. The number of hydrogen-bond donors (Lipinski definition) is 1. The second kappa shape index (κ2) is 8.72. The van der Waals surface area contributed by atoms with Gasteiger partial charge in [-0.15, -0.1) is 0 Å². The van der Waals surface area contributed by atoms with E-state index in [1.807, 2.05) is 30.3 Å². The van der Waals surface area contributed by atoms with Crippen molar-refractivity contribution in [2.75, 3.05) is 5.32 Å². The third-order valence-electron chi connectivity index (χ3n) is 4.00. The number of nitrogens with one attached hydrogen (secondary N) is 1. The second-order valence-electron chi connectivity index (χ2n) is 6.01. The average Bonchev–Trinajstić information content (AvgIpc) is 2.69. The van der Waals surface area contributed by atoms with Crippen molar-refractivity contribution < 1.29 is 14.0 Å². The summed E-state index contributed by atoms with van der Waals surface area (Å²) in [5, 5.41) is 2.69. The monoisotopic (exact) mass is 359 g/mol. The fourth-order valence-corrected chi connectivity index (χ4v) is 2.58. The number of carbonyl (C=O) groups is 2. The molecule has 0 aromatic heterocycles. The Hall–Kier alpha value is -3.53. The summed E-state index contributed by atoms with van der Waals surface area (Å²) in [4.78, 5) is 24.3. The zero-order chi connectivity index (χ0) is 19.1. The lowest BCUT2D eigenvalue weighted by molar-refractivity contribution is -0.111. The molecule has 1 amide bonds. The fourth-order valence-electron chi connectivity index (χ4n) is 2.58. The first-order valence-electron chi connectivity index (χ1n) is 8.52. The molecule has 0 heterocycles. The highest BCUT2D eigenvalue weighted by Gasteiger charge is 2.07. The Kier molecular flexibility index (Phi) is 5.90. The van der Waals surface area contributed by atoms with Crippen LogP contribution < -0.4 is 5.32 Å². The van der Waals surface area contributed by atoms with Crippen LogP contribution in [0.1, 0.15) is 21.5 Å². The van der Waals surface area contributed by atoms with E-state index < -0.39 is 0 Å². The normalized spacial score (nSPS) is 10.7. The van der Waals surface area contributed by atoms with Crippen molar-refractivity contribution in [3.8, 4) is 0 Å². The van der Waals surface area contributed by atoms with Crippen LogP contribution >= 0.6 is 0 Å². The molecule has 3 aromatic rings. The van der Waals surface area contributed by atoms with Gasteiger partial charge >= 0.3 is 0 Å². The predicted molar refractivity (Wildman–Crippen MR) is 105 cm³/mol. The molecule has 3 aromatic carbocycles. The Balaban J connectivity index is 1.59. The van der Waals surface area contributed by atoms with E-state index in [9.17, 15) is 14.0 Å². The van der Waals surface area contributed by atoms with E-state index >= 15 is 0 Å². The van der Waals surface area contributed by atoms with E-state index in [-0.39, 0.29) is 17.5 Å². The lowest BCUT2D eigenvalue weighted by Gasteiger charge is -2.05. The topological polar surface area (TPSA) is 46.2 Å². The third-order valence-corrected chi connectivity index (χ3v) is 4.00. The fraction of sp³-hybridized carbons (Fsp3) is 0.0435. The molecule has 0 unspecified atom stereocenters. The van der Waals surface area contributed by atoms with Crippen LogP contribution in [0.25, 0.3) is 6.08 Å². The lowest BCUT2D eigenvalue weighted by Crippen LogP contribution is -2.08. The van der Waals surface area contributed by atoms with E-state index in [1.54, 1.807) is 42.5 Å². The first kappa shape index (κ1) is 18.3. The number of anilines is 1. The van der Waals surface area contributed by atoms with Crippen molar-refractivity contribution in [1.29, 1.82) is 0 Å². The van der Waals surface area contributed by atoms with Gasteiger partial charge in [-0.2, -0.15) is 0 Å². The number of Topliss-reactive ketones (excluding diaryl/α,β-unsaturated/α-hetero) is 1. The van der Waals surface area contributed by atoms with E-state index in [4.69, 9.17) is 0 Å². The van der Waals surface area contributed by atoms with Gasteiger partial charge in [-0.05, 0) is 42.0 Å². The molecule has 4 heteroatoms. The number of rotatable bonds is 6. The van der Waals surface area contributed by atoms with Crippen molar-refractivity contribution in [3.05, 3.63) is 107 Å². The molecule has 0 aliphatic carbocycles. The molecule has 0 spiro atoms. The molecule has 3 nitrogen and oxygen atoms in total. The Labute approximate surface area is 157 Å². The third kappa shape index (κ3) is 5.22. The summed E-state index contributed by atoms with van der Waals surface area (Å²) in [5.41, 5.74) is 2.45. The van der Waals surface area contributed by atoms with E-state index in [1.165, 1.54) is 18.2 Å². The molecule has 134 valence electrons. The SMILES string of the molecule is O=C(/C=C/c1ccccc1F)Nc1ccc(C(=O)Cc2ccccc2)cc1. The van der Waals surface area contributed by atoms with Gasteiger partial charge in [-0.25, -0.2) is 4.39 Å². The molecule has 0 fully saturated rings. The number of carbonyl (C=O) groups excluding carboxylic acids is 2. The minimum absolute atomic E-state index is 0.0125. The maximum absolute atomic E-state index is 13.5. The molecule has 3 rings (SSSR count). The van der Waals surface area contributed by atoms with Crippen LogP contribution in [-0.4, -0.2) is 11.7 Å². The minimum Gasteiger partial charge on any atom is -0.323 e. The molecular weight excluding hydrogens is 341 g/mol. The maximum atomic E-state index is 13.5. The first-order valence-corrected chi connectivity index (χ1v) is 8.52. The highest BCUT2D eigenvalue weighted by atomic mass is 19.1. The van der Waals surface area contributed by atoms with Crippen molar-refractivity contribution in [2.45, 2.75) is 6.42 Å². The predicted octanol–water partition coefficient (Wildman–Crippen LogP) is 4.90. The molecule has 0 saturated carbocycles. The highest BCUT2D eigenvalue weighted by molar-refractivity contribution is 6.02. The van der Waals surface area contributed by atoms with E-state index in [0.29, 0.717) is 23.2 Å². The molecule has 0 atom stereocenters. The maximum Gasteiger partial charge on any atom is 0.248 e. The van der Waals surface area contributed by atoms with Gasteiger partial charge in [0.2, 0.25) is 5.91 Å². The number of amides is 1. The van der Waals surface area contributed by atoms with Crippen LogP contribution in [0.4, 0.5) is 10.1 Å². The first-order chi connectivity index (χ1) is 13.1. The highest BCUT2D eigenvalue weighted by Crippen LogP contribution is 2.13. The van der Waals surface area contributed by atoms with Crippen LogP contribution in [0.15, 0.2) is 84.9 Å². The molecule has 0 aliphatic heterocycles. The Bertz CT molecular complexity index is 963. The van der Waals surface area contributed by atoms with Crippen molar-refractivity contribution in [2.24, 2.45) is 0 Å². The molecule has 0 aliphatic rings. The largest absolute Gasteiger partial charge is 0.323 e. The molecule has 0 saturated heterocycles. The summed E-state index contributed by atoms with van der Waals surface area (Å²) in [7, 11) is 0. The van der Waals surface area contributed by atoms with Gasteiger partial charge < -0.3 is 5.32 Å². The summed E-state index contributed by atoms with van der Waals surface area (Å²) in [6.45, 7) is 0. The summed E-state index contributed by atoms with van der Waals surface area (Å²) < 4.78 is 13.5. The Morgan fingerprint density at radius 2 is 1.52 bits per heavy atom. The molecule has 1 N–H and O–H groups in total. The zero-order valence-electron chi connectivity index (χ0n) is 14.6. The average molecular weight is 359 g/mol. The molecule has 0 radical (unpaired) electrons. The summed E-state index contributed by atoms with van der Waals surface area (Å²) >= 11 is 0. The standard InChI is InChI=1S/C23H18FNO2/c24-21-9-5-4-8-18(21)12-15-23(27)25-20-13-10-19(11-14-20)22(26)16-17-6-2-1-3-7-17/h1-15H,16H2,(H,25,27)/b15-12+. The zero-order valence-corrected chi connectivity index (χ0v) is 14.6. The van der Waals surface area contributed by atoms with Gasteiger partial charge in [0.05, 0.1) is 0 Å². The number of benzene rings is 3. The Morgan fingerprint density at radius 3 is 2.22 bits per heavy atom.